The zero-order chi connectivity index (χ0) is 22.7. The number of para-hydroxylation sites is 1. The number of benzene rings is 2. The quantitative estimate of drug-likeness (QED) is 0.362. The number of nitrogens with zero attached hydrogens (tertiary/aromatic N) is 1. The third-order valence-electron chi connectivity index (χ3n) is 4.96. The first-order valence-electron chi connectivity index (χ1n) is 9.89. The van der Waals surface area contributed by atoms with Crippen molar-refractivity contribution in [2.24, 2.45) is 0 Å². The summed E-state index contributed by atoms with van der Waals surface area (Å²) < 4.78 is 35.4. The zero-order valence-corrected chi connectivity index (χ0v) is 18.8. The number of hydrogen-bond acceptors (Lipinski definition) is 7. The highest BCUT2D eigenvalue weighted by Gasteiger charge is 2.43. The predicted octanol–water partition coefficient (Wildman–Crippen LogP) is 3.41. The molecule has 10 heteroatoms. The number of carbonyl (C=O) groups is 1. The predicted molar refractivity (Wildman–Crippen MR) is 122 cm³/mol. The molecule has 0 aliphatic carbocycles. The van der Waals surface area contributed by atoms with Gasteiger partial charge in [0.1, 0.15) is 22.0 Å². The first-order valence-corrected chi connectivity index (χ1v) is 11.6. The van der Waals surface area contributed by atoms with Crippen LogP contribution in [0.3, 0.4) is 0 Å². The summed E-state index contributed by atoms with van der Waals surface area (Å²) in [4.78, 5) is 18.0. The molecule has 32 heavy (non-hydrogen) atoms. The van der Waals surface area contributed by atoms with Crippen LogP contribution in [0, 0.1) is 0 Å². The molecule has 0 saturated carbocycles. The van der Waals surface area contributed by atoms with Crippen molar-refractivity contribution in [2.45, 2.75) is 17.9 Å². The van der Waals surface area contributed by atoms with Crippen molar-refractivity contribution in [3.8, 4) is 5.75 Å². The Kier molecular flexibility index (Phi) is 7.04. The topological polar surface area (TPSA) is 88.1 Å². The molecule has 1 aliphatic rings. The SMILES string of the molecule is COCCNC1=C(c2nc3ccccc3s2)[C@@H]([NH3+])[C@@H](C(=O)c2ccc(OC(F)F)cc2)S1. The van der Waals surface area contributed by atoms with E-state index in [9.17, 15) is 13.6 Å². The van der Waals surface area contributed by atoms with E-state index in [1.165, 1.54) is 36.0 Å². The Labute approximate surface area is 191 Å². The van der Waals surface area contributed by atoms with Crippen molar-refractivity contribution >= 4 is 44.7 Å². The van der Waals surface area contributed by atoms with Crippen molar-refractivity contribution < 1.29 is 28.8 Å². The van der Waals surface area contributed by atoms with E-state index >= 15 is 0 Å². The Morgan fingerprint density at radius 1 is 1.22 bits per heavy atom. The second kappa shape index (κ2) is 9.95. The highest BCUT2D eigenvalue weighted by molar-refractivity contribution is 8.04. The molecule has 0 unspecified atom stereocenters. The van der Waals surface area contributed by atoms with Crippen LogP contribution >= 0.6 is 23.1 Å². The summed E-state index contributed by atoms with van der Waals surface area (Å²) in [5.41, 5.74) is 6.52. The van der Waals surface area contributed by atoms with E-state index in [1.807, 2.05) is 24.3 Å². The number of thiazole rings is 1. The summed E-state index contributed by atoms with van der Waals surface area (Å²) in [6.07, 6.45) is 0. The van der Waals surface area contributed by atoms with E-state index in [0.29, 0.717) is 18.7 Å². The largest absolute Gasteiger partial charge is 0.435 e. The van der Waals surface area contributed by atoms with Crippen molar-refractivity contribution in [1.29, 1.82) is 0 Å². The van der Waals surface area contributed by atoms with Gasteiger partial charge in [-0.25, -0.2) is 4.98 Å². The number of nitrogens with one attached hydrogen (secondary N) is 1. The third-order valence-corrected chi connectivity index (χ3v) is 7.43. The van der Waals surface area contributed by atoms with E-state index in [1.54, 1.807) is 18.4 Å². The minimum atomic E-state index is -2.91. The maximum atomic E-state index is 13.3. The molecular weight excluding hydrogens is 456 g/mol. The van der Waals surface area contributed by atoms with Gasteiger partial charge in [0.25, 0.3) is 0 Å². The first kappa shape index (κ1) is 22.7. The molecule has 4 N–H and O–H groups in total. The normalized spacial score (nSPS) is 18.5. The van der Waals surface area contributed by atoms with Crippen molar-refractivity contribution in [3.63, 3.8) is 0 Å². The highest BCUT2D eigenvalue weighted by Crippen LogP contribution is 2.43. The van der Waals surface area contributed by atoms with E-state index in [0.717, 1.165) is 25.8 Å². The fourth-order valence-corrected chi connectivity index (χ4v) is 5.94. The Balaban J connectivity index is 1.61. The first-order chi connectivity index (χ1) is 15.5. The van der Waals surface area contributed by atoms with Crippen LogP contribution in [-0.4, -0.2) is 48.9 Å². The number of Topliss-reactive ketones (excluding diaryl/α,β-unsaturated/α-hetero) is 1. The van der Waals surface area contributed by atoms with Gasteiger partial charge in [-0.3, -0.25) is 4.79 Å². The van der Waals surface area contributed by atoms with Crippen LogP contribution < -0.4 is 15.8 Å². The van der Waals surface area contributed by atoms with Crippen molar-refractivity contribution in [1.82, 2.24) is 10.3 Å². The van der Waals surface area contributed by atoms with Crippen molar-refractivity contribution in [3.05, 3.63) is 64.1 Å². The number of ether oxygens (including phenoxy) is 2. The van der Waals surface area contributed by atoms with Gasteiger partial charge in [0.2, 0.25) is 0 Å². The molecule has 0 saturated heterocycles. The number of aromatic nitrogens is 1. The molecular formula is C22H22F2N3O3S2+. The molecule has 4 rings (SSSR count). The van der Waals surface area contributed by atoms with Gasteiger partial charge in [-0.05, 0) is 36.4 Å². The average Bonchev–Trinajstić information content (AvgIpc) is 3.34. The van der Waals surface area contributed by atoms with Crippen LogP contribution in [0.4, 0.5) is 8.78 Å². The number of carbonyl (C=O) groups excluding carboxylic acids is 1. The second-order valence-electron chi connectivity index (χ2n) is 7.06. The smallest absolute Gasteiger partial charge is 0.387 e. The van der Waals surface area contributed by atoms with Crippen LogP contribution in [-0.2, 0) is 4.74 Å². The summed E-state index contributed by atoms with van der Waals surface area (Å²) in [5, 5.41) is 4.58. The number of methoxy groups -OCH3 is 1. The molecule has 0 amide bonds. The molecule has 2 heterocycles. The van der Waals surface area contributed by atoms with Crippen molar-refractivity contribution in [2.75, 3.05) is 20.3 Å². The number of rotatable bonds is 9. The van der Waals surface area contributed by atoms with Crippen LogP contribution in [0.5, 0.6) is 5.75 Å². The molecule has 0 fully saturated rings. The van der Waals surface area contributed by atoms with Gasteiger partial charge < -0.3 is 20.5 Å². The summed E-state index contributed by atoms with van der Waals surface area (Å²) in [7, 11) is 1.63. The lowest BCUT2D eigenvalue weighted by molar-refractivity contribution is -0.394. The molecule has 2 aromatic carbocycles. The number of quaternary nitrogens is 1. The van der Waals surface area contributed by atoms with Gasteiger partial charge in [0, 0.05) is 19.2 Å². The number of halogens is 2. The summed E-state index contributed by atoms with van der Waals surface area (Å²) >= 11 is 2.98. The third kappa shape index (κ3) is 4.78. The molecule has 0 radical (unpaired) electrons. The number of thioether (sulfide) groups is 1. The summed E-state index contributed by atoms with van der Waals surface area (Å²) in [6.45, 7) is -1.81. The Morgan fingerprint density at radius 3 is 2.66 bits per heavy atom. The van der Waals surface area contributed by atoms with E-state index in [2.05, 4.69) is 15.8 Å². The molecule has 0 spiro atoms. The molecule has 1 aliphatic heterocycles. The fraction of sp³-hybridized carbons (Fsp3) is 0.273. The van der Waals surface area contributed by atoms with E-state index in [-0.39, 0.29) is 17.6 Å². The minimum absolute atomic E-state index is 0.0111. The molecule has 1 aromatic heterocycles. The maximum Gasteiger partial charge on any atom is 0.387 e. The fourth-order valence-electron chi connectivity index (χ4n) is 3.44. The van der Waals surface area contributed by atoms with Crippen LogP contribution in [0.25, 0.3) is 15.8 Å². The standard InChI is InChI=1S/C22H21F2N3O3S2/c1-29-11-10-26-20-16(21-27-14-4-2-3-5-15(14)31-21)17(25)19(32-20)18(28)12-6-8-13(9-7-12)30-22(23)24/h2-9,17,19,22,26H,10-11,25H2,1H3/p+1/t17-,19+/m1/s1. The van der Waals surface area contributed by atoms with Gasteiger partial charge in [-0.1, -0.05) is 23.9 Å². The Morgan fingerprint density at radius 2 is 1.97 bits per heavy atom. The van der Waals surface area contributed by atoms with E-state index in [4.69, 9.17) is 9.72 Å². The number of ketones is 1. The summed E-state index contributed by atoms with van der Waals surface area (Å²) in [6, 6.07) is 13.3. The lowest BCUT2D eigenvalue weighted by Crippen LogP contribution is -2.66. The molecule has 168 valence electrons. The summed E-state index contributed by atoms with van der Waals surface area (Å²) in [5.74, 6) is -0.113. The minimum Gasteiger partial charge on any atom is -0.435 e. The lowest BCUT2D eigenvalue weighted by atomic mass is 9.99. The molecule has 3 aromatic rings. The Hall–Kier alpha value is -2.53. The zero-order valence-electron chi connectivity index (χ0n) is 17.2. The molecule has 0 bridgehead atoms. The highest BCUT2D eigenvalue weighted by atomic mass is 32.2. The Bertz CT molecular complexity index is 1100. The number of alkyl halides is 2. The second-order valence-corrected chi connectivity index (χ2v) is 9.24. The number of fused-ring (bicyclic) bond motifs is 1. The van der Waals surface area contributed by atoms with Gasteiger partial charge in [-0.2, -0.15) is 8.78 Å². The van der Waals surface area contributed by atoms with Gasteiger partial charge in [-0.15, -0.1) is 11.3 Å². The average molecular weight is 479 g/mol. The monoisotopic (exact) mass is 478 g/mol. The van der Waals surface area contributed by atoms with Crippen LogP contribution in [0.15, 0.2) is 53.6 Å². The van der Waals surface area contributed by atoms with Crippen LogP contribution in [0.2, 0.25) is 0 Å². The molecule has 6 nitrogen and oxygen atoms in total. The molecule has 2 atom stereocenters. The van der Waals surface area contributed by atoms with Crippen LogP contribution in [0.1, 0.15) is 15.4 Å². The number of hydrogen-bond donors (Lipinski definition) is 2. The maximum absolute atomic E-state index is 13.3. The van der Waals surface area contributed by atoms with Gasteiger partial charge >= 0.3 is 6.61 Å². The van der Waals surface area contributed by atoms with E-state index < -0.39 is 11.9 Å². The lowest BCUT2D eigenvalue weighted by Gasteiger charge is -2.13. The van der Waals surface area contributed by atoms with Gasteiger partial charge in [0.05, 0.1) is 27.4 Å². The van der Waals surface area contributed by atoms with Gasteiger partial charge in [0.15, 0.2) is 5.78 Å².